The van der Waals surface area contributed by atoms with Crippen LogP contribution < -0.4 is 0 Å². The first-order valence-electron chi connectivity index (χ1n) is 15.4. The molecule has 13 heteroatoms. The maximum Gasteiger partial charge on any atom is 0.342 e. The molecule has 2 heterocycles. The van der Waals surface area contributed by atoms with Gasteiger partial charge in [-0.3, -0.25) is 24.0 Å². The molecule has 11 atom stereocenters. The van der Waals surface area contributed by atoms with Crippen molar-refractivity contribution in [1.29, 1.82) is 0 Å². The first-order chi connectivity index (χ1) is 20.9. The van der Waals surface area contributed by atoms with Gasteiger partial charge >= 0.3 is 35.8 Å². The number of carbonyl (C=O) groups is 6. The van der Waals surface area contributed by atoms with Crippen LogP contribution in [0.1, 0.15) is 88.0 Å². The summed E-state index contributed by atoms with van der Waals surface area (Å²) >= 11 is 0. The Bertz CT molecular complexity index is 1290. The van der Waals surface area contributed by atoms with Crippen molar-refractivity contribution in [1.82, 2.24) is 0 Å². The summed E-state index contributed by atoms with van der Waals surface area (Å²) in [6.07, 6.45) is -4.25. The molecule has 0 aromatic rings. The van der Waals surface area contributed by atoms with Crippen molar-refractivity contribution in [3.05, 3.63) is 11.6 Å². The maximum atomic E-state index is 13.3. The quantitative estimate of drug-likeness (QED) is 0.173. The first kappa shape index (κ1) is 34.4. The number of fused-ring (bicyclic) bond motifs is 1. The molecule has 0 bridgehead atoms. The van der Waals surface area contributed by atoms with E-state index < -0.39 is 101 Å². The summed E-state index contributed by atoms with van der Waals surface area (Å²) in [5.41, 5.74) is -3.90. The molecule has 0 radical (unpaired) electrons. The van der Waals surface area contributed by atoms with E-state index in [1.54, 1.807) is 33.8 Å². The Balaban J connectivity index is 2.06. The standard InChI is InChI=1S/C32H44O13/c1-10-11-25(37)43-21-14-23(40-18(5)34)30(8)26(16(21)3)28(42-20(7)36)32-24(44-29(38)31(32,9)45-32)13-15(2)12-22(39-17(4)33)27(30)41-19(6)35/h13,16,21-24,26-28H,10-12,14H2,1-9H3/b15-13-/t16-,21-,22-,23-,24-,26+,27-,28+,30+,31-,32+/m0/s1. The Hall–Kier alpha value is -3.48. The zero-order valence-corrected chi connectivity index (χ0v) is 27.3. The van der Waals surface area contributed by atoms with Crippen molar-refractivity contribution in [3.8, 4) is 0 Å². The Morgan fingerprint density at radius 3 is 1.98 bits per heavy atom. The van der Waals surface area contributed by atoms with Gasteiger partial charge in [-0.15, -0.1) is 0 Å². The van der Waals surface area contributed by atoms with Crippen molar-refractivity contribution < 1.29 is 61.9 Å². The summed E-state index contributed by atoms with van der Waals surface area (Å²) in [4.78, 5) is 76.9. The van der Waals surface area contributed by atoms with Gasteiger partial charge in [0.2, 0.25) is 0 Å². The second-order valence-corrected chi connectivity index (χ2v) is 13.0. The fraction of sp³-hybridized carbons (Fsp3) is 0.750. The van der Waals surface area contributed by atoms with Gasteiger partial charge in [0.05, 0.1) is 5.41 Å². The Kier molecular flexibility index (Phi) is 9.46. The zero-order chi connectivity index (χ0) is 33.6. The van der Waals surface area contributed by atoms with E-state index >= 15 is 0 Å². The summed E-state index contributed by atoms with van der Waals surface area (Å²) < 4.78 is 41.9. The van der Waals surface area contributed by atoms with E-state index in [9.17, 15) is 28.8 Å². The summed E-state index contributed by atoms with van der Waals surface area (Å²) in [7, 11) is 0. The Labute approximate surface area is 262 Å². The fourth-order valence-corrected chi connectivity index (χ4v) is 7.89. The number of epoxide rings is 1. The number of ether oxygens (including phenoxy) is 7. The maximum absolute atomic E-state index is 13.3. The van der Waals surface area contributed by atoms with Gasteiger partial charge in [-0.05, 0) is 26.3 Å². The Morgan fingerprint density at radius 1 is 0.867 bits per heavy atom. The van der Waals surface area contributed by atoms with Crippen molar-refractivity contribution in [3.63, 3.8) is 0 Å². The molecule has 0 aromatic carbocycles. The highest BCUT2D eigenvalue weighted by Gasteiger charge is 2.87. The second-order valence-electron chi connectivity index (χ2n) is 13.0. The molecule has 2 saturated heterocycles. The number of hydrogen-bond donors (Lipinski definition) is 0. The van der Waals surface area contributed by atoms with Crippen molar-refractivity contribution in [2.24, 2.45) is 17.3 Å². The van der Waals surface area contributed by atoms with Crippen molar-refractivity contribution in [2.75, 3.05) is 0 Å². The molecule has 45 heavy (non-hydrogen) atoms. The van der Waals surface area contributed by atoms with Crippen LogP contribution in [0.2, 0.25) is 0 Å². The second kappa shape index (κ2) is 12.4. The van der Waals surface area contributed by atoms with Gasteiger partial charge in [0.1, 0.15) is 30.5 Å². The van der Waals surface area contributed by atoms with E-state index in [-0.39, 0.29) is 19.3 Å². The number of carbonyl (C=O) groups excluding carboxylic acids is 6. The van der Waals surface area contributed by atoms with Crippen LogP contribution in [-0.2, 0) is 61.9 Å². The van der Waals surface area contributed by atoms with E-state index in [2.05, 4.69) is 0 Å². The zero-order valence-electron chi connectivity index (χ0n) is 27.3. The predicted octanol–water partition coefficient (Wildman–Crippen LogP) is 2.89. The lowest BCUT2D eigenvalue weighted by Crippen LogP contribution is -2.68. The molecule has 0 N–H and O–H groups in total. The number of hydrogen-bond acceptors (Lipinski definition) is 13. The molecule has 4 aliphatic rings. The smallest absolute Gasteiger partial charge is 0.342 e. The Morgan fingerprint density at radius 2 is 1.44 bits per heavy atom. The fourth-order valence-electron chi connectivity index (χ4n) is 7.89. The molecular weight excluding hydrogens is 592 g/mol. The van der Waals surface area contributed by atoms with Gasteiger partial charge in [0.15, 0.2) is 17.3 Å². The largest absolute Gasteiger partial charge is 0.462 e. The minimum Gasteiger partial charge on any atom is -0.462 e. The minimum absolute atomic E-state index is 0.000641. The van der Waals surface area contributed by atoms with Gasteiger partial charge < -0.3 is 33.2 Å². The van der Waals surface area contributed by atoms with Crippen molar-refractivity contribution >= 4 is 35.8 Å². The number of esters is 6. The van der Waals surface area contributed by atoms with Gasteiger partial charge in [-0.25, -0.2) is 4.79 Å². The SMILES string of the molecule is CCCC(=O)O[C@H]1C[C@H](OC(C)=O)[C@]2(C)[C@H]([C@H]1C)[C@@H](OC(C)=O)[C@@]13O[C@@]1(C)C(=O)O[C@H]3/C=C(/C)C[C@H](OC(C)=O)[C@@H]2OC(C)=O. The summed E-state index contributed by atoms with van der Waals surface area (Å²) in [6.45, 7) is 13.5. The van der Waals surface area contributed by atoms with Crippen LogP contribution in [-0.4, -0.2) is 83.6 Å². The highest BCUT2D eigenvalue weighted by molar-refractivity contribution is 5.89. The van der Waals surface area contributed by atoms with Crippen LogP contribution in [0.25, 0.3) is 0 Å². The normalized spacial score (nSPS) is 41.4. The van der Waals surface area contributed by atoms with Crippen LogP contribution in [0.5, 0.6) is 0 Å². The van der Waals surface area contributed by atoms with Gasteiger partial charge in [0, 0.05) is 58.8 Å². The average molecular weight is 637 g/mol. The average Bonchev–Trinajstić information content (AvgIpc) is 3.49. The predicted molar refractivity (Wildman–Crippen MR) is 153 cm³/mol. The molecule has 2 aliphatic heterocycles. The molecule has 3 fully saturated rings. The molecule has 2 aliphatic carbocycles. The lowest BCUT2D eigenvalue weighted by atomic mass is 9.52. The molecule has 0 unspecified atom stereocenters. The molecule has 1 saturated carbocycles. The van der Waals surface area contributed by atoms with Crippen LogP contribution in [0.4, 0.5) is 0 Å². The van der Waals surface area contributed by atoms with Crippen LogP contribution >= 0.6 is 0 Å². The highest BCUT2D eigenvalue weighted by Crippen LogP contribution is 2.66. The summed E-state index contributed by atoms with van der Waals surface area (Å²) in [5.74, 6) is -5.49. The third-order valence-electron chi connectivity index (χ3n) is 9.74. The van der Waals surface area contributed by atoms with Gasteiger partial charge in [0.25, 0.3) is 0 Å². The van der Waals surface area contributed by atoms with Crippen LogP contribution in [0.3, 0.4) is 0 Å². The third kappa shape index (κ3) is 5.95. The lowest BCUT2D eigenvalue weighted by Gasteiger charge is -2.57. The van der Waals surface area contributed by atoms with Gasteiger partial charge in [-0.1, -0.05) is 26.3 Å². The van der Waals surface area contributed by atoms with Crippen LogP contribution in [0, 0.1) is 17.3 Å². The monoisotopic (exact) mass is 636 g/mol. The van der Waals surface area contributed by atoms with E-state index in [0.717, 1.165) is 0 Å². The number of rotatable bonds is 7. The van der Waals surface area contributed by atoms with E-state index in [1.165, 1.54) is 27.7 Å². The highest BCUT2D eigenvalue weighted by atomic mass is 16.7. The molecule has 250 valence electrons. The van der Waals surface area contributed by atoms with E-state index in [1.807, 2.05) is 6.92 Å². The molecule has 0 aromatic heterocycles. The first-order valence-corrected chi connectivity index (χ1v) is 15.4. The lowest BCUT2D eigenvalue weighted by molar-refractivity contribution is -0.248. The van der Waals surface area contributed by atoms with Crippen LogP contribution in [0.15, 0.2) is 11.6 Å². The molecule has 0 amide bonds. The van der Waals surface area contributed by atoms with E-state index in [4.69, 9.17) is 33.2 Å². The molecule has 4 rings (SSSR count). The topological polar surface area (TPSA) is 170 Å². The molecule has 13 nitrogen and oxygen atoms in total. The molecular formula is C32H44O13. The summed E-state index contributed by atoms with van der Waals surface area (Å²) in [5, 5.41) is 0. The van der Waals surface area contributed by atoms with Gasteiger partial charge in [-0.2, -0.15) is 0 Å². The summed E-state index contributed by atoms with van der Waals surface area (Å²) in [6, 6.07) is 0. The van der Waals surface area contributed by atoms with E-state index in [0.29, 0.717) is 12.0 Å². The third-order valence-corrected chi connectivity index (χ3v) is 9.74. The van der Waals surface area contributed by atoms with Crippen molar-refractivity contribution in [2.45, 2.75) is 136 Å². The minimum atomic E-state index is -1.53. The molecule has 1 spiro atoms.